The molecule has 29 heavy (non-hydrogen) atoms. The SMILES string of the molecule is CC(C)(CC(c1cnc(OCC(F)(F)F)nc1)c1ccc(F)c(Cl)c1F)[S+](N)[O-]. The minimum atomic E-state index is -4.56. The number of nitrogens with two attached hydrogens (primary N) is 1. The Morgan fingerprint density at radius 1 is 1.21 bits per heavy atom. The molecule has 1 heterocycles. The van der Waals surface area contributed by atoms with Gasteiger partial charge in [0, 0.05) is 36.1 Å². The van der Waals surface area contributed by atoms with Crippen molar-refractivity contribution in [3.63, 3.8) is 0 Å². The van der Waals surface area contributed by atoms with Crippen LogP contribution >= 0.6 is 11.6 Å². The zero-order valence-electron chi connectivity index (χ0n) is 15.3. The molecule has 2 unspecified atom stereocenters. The summed E-state index contributed by atoms with van der Waals surface area (Å²) < 4.78 is 80.2. The van der Waals surface area contributed by atoms with Gasteiger partial charge >= 0.3 is 12.2 Å². The van der Waals surface area contributed by atoms with Crippen molar-refractivity contribution in [2.24, 2.45) is 5.14 Å². The van der Waals surface area contributed by atoms with Crippen LogP contribution in [-0.4, -0.2) is 32.1 Å². The van der Waals surface area contributed by atoms with Crippen LogP contribution < -0.4 is 9.88 Å². The van der Waals surface area contributed by atoms with E-state index in [1.807, 2.05) is 0 Å². The van der Waals surface area contributed by atoms with Crippen molar-refractivity contribution in [2.75, 3.05) is 6.61 Å². The Bertz CT molecular complexity index is 850. The van der Waals surface area contributed by atoms with E-state index in [0.717, 1.165) is 18.5 Å². The quantitative estimate of drug-likeness (QED) is 0.381. The molecule has 0 saturated carbocycles. The lowest BCUT2D eigenvalue weighted by Crippen LogP contribution is -2.39. The Morgan fingerprint density at radius 2 is 1.79 bits per heavy atom. The second-order valence-electron chi connectivity index (χ2n) is 6.78. The fourth-order valence-corrected chi connectivity index (χ4v) is 3.02. The first-order chi connectivity index (χ1) is 13.3. The van der Waals surface area contributed by atoms with Gasteiger partial charge in [-0.3, -0.25) is 0 Å². The van der Waals surface area contributed by atoms with Crippen molar-refractivity contribution < 1.29 is 31.2 Å². The third kappa shape index (κ3) is 6.14. The number of nitrogens with zero attached hydrogens (tertiary/aromatic N) is 2. The lowest BCUT2D eigenvalue weighted by molar-refractivity contribution is -0.154. The summed E-state index contributed by atoms with van der Waals surface area (Å²) in [5, 5.41) is 4.79. The van der Waals surface area contributed by atoms with Crippen molar-refractivity contribution in [3.8, 4) is 6.01 Å². The minimum absolute atomic E-state index is 0.0255. The Kier molecular flexibility index (Phi) is 7.31. The highest BCUT2D eigenvalue weighted by molar-refractivity contribution is 7.90. The van der Waals surface area contributed by atoms with E-state index >= 15 is 0 Å². The molecule has 0 aliphatic carbocycles. The molecule has 2 atom stereocenters. The molecule has 0 saturated heterocycles. The molecule has 2 N–H and O–H groups in total. The predicted octanol–water partition coefficient (Wildman–Crippen LogP) is 4.27. The normalized spacial score (nSPS) is 14.6. The molecule has 160 valence electrons. The summed E-state index contributed by atoms with van der Waals surface area (Å²) in [7, 11) is 0. The molecular formula is C17H17ClF5N3O2S. The second-order valence-corrected chi connectivity index (χ2v) is 8.86. The van der Waals surface area contributed by atoms with E-state index in [1.165, 1.54) is 6.07 Å². The molecule has 5 nitrogen and oxygen atoms in total. The minimum Gasteiger partial charge on any atom is -0.598 e. The van der Waals surface area contributed by atoms with Crippen LogP contribution in [0.3, 0.4) is 0 Å². The average molecular weight is 458 g/mol. The van der Waals surface area contributed by atoms with Gasteiger partial charge in [0.1, 0.15) is 21.4 Å². The predicted molar refractivity (Wildman–Crippen MR) is 97.8 cm³/mol. The van der Waals surface area contributed by atoms with Crippen LogP contribution in [0.2, 0.25) is 5.02 Å². The van der Waals surface area contributed by atoms with Crippen LogP contribution in [0.5, 0.6) is 6.01 Å². The summed E-state index contributed by atoms with van der Waals surface area (Å²) in [6, 6.07) is 1.62. The molecular weight excluding hydrogens is 441 g/mol. The molecule has 12 heteroatoms. The Morgan fingerprint density at radius 3 is 2.31 bits per heavy atom. The van der Waals surface area contributed by atoms with Gasteiger partial charge in [-0.2, -0.15) is 18.3 Å². The van der Waals surface area contributed by atoms with E-state index < -0.39 is 57.5 Å². The zero-order valence-corrected chi connectivity index (χ0v) is 16.8. The molecule has 0 bridgehead atoms. The van der Waals surface area contributed by atoms with Gasteiger partial charge in [0.05, 0.1) is 0 Å². The number of benzene rings is 1. The van der Waals surface area contributed by atoms with Gasteiger partial charge in [0.2, 0.25) is 0 Å². The fraction of sp³-hybridized carbons (Fsp3) is 0.412. The smallest absolute Gasteiger partial charge is 0.422 e. The maximum atomic E-state index is 14.6. The van der Waals surface area contributed by atoms with Gasteiger partial charge in [-0.25, -0.2) is 18.7 Å². The van der Waals surface area contributed by atoms with Gasteiger partial charge in [-0.1, -0.05) is 17.7 Å². The lowest BCUT2D eigenvalue weighted by atomic mass is 9.85. The van der Waals surface area contributed by atoms with Crippen LogP contribution in [0.25, 0.3) is 0 Å². The number of hydrogen-bond donors (Lipinski definition) is 1. The lowest BCUT2D eigenvalue weighted by Gasteiger charge is -2.29. The topological polar surface area (TPSA) is 84.1 Å². The zero-order chi connectivity index (χ0) is 22.0. The molecule has 0 aliphatic rings. The standard InChI is InChI=1S/C17H17ClF5N3O2S/c1-16(2,29(24)27)5-11(10-3-4-12(19)13(18)14(10)20)9-6-25-15(26-7-9)28-8-17(21,22)23/h3-4,6-7,11H,5,8,24H2,1-2H3. The largest absolute Gasteiger partial charge is 0.598 e. The number of halogens is 6. The van der Waals surface area contributed by atoms with Crippen LogP contribution in [0, 0.1) is 11.6 Å². The fourth-order valence-electron chi connectivity index (χ4n) is 2.52. The Labute approximate surface area is 171 Å². The monoisotopic (exact) mass is 457 g/mol. The maximum Gasteiger partial charge on any atom is 0.422 e. The van der Waals surface area contributed by atoms with E-state index in [1.54, 1.807) is 13.8 Å². The third-order valence-electron chi connectivity index (χ3n) is 4.10. The highest BCUT2D eigenvalue weighted by Gasteiger charge is 2.36. The van der Waals surface area contributed by atoms with Crippen molar-refractivity contribution in [1.82, 2.24) is 9.97 Å². The number of aromatic nitrogens is 2. The summed E-state index contributed by atoms with van der Waals surface area (Å²) in [6.45, 7) is 1.60. The van der Waals surface area contributed by atoms with Crippen molar-refractivity contribution in [1.29, 1.82) is 0 Å². The molecule has 0 fully saturated rings. The number of ether oxygens (including phenoxy) is 1. The van der Waals surface area contributed by atoms with Gasteiger partial charge in [-0.15, -0.1) is 0 Å². The van der Waals surface area contributed by atoms with E-state index in [0.29, 0.717) is 0 Å². The van der Waals surface area contributed by atoms with E-state index in [-0.39, 0.29) is 17.5 Å². The van der Waals surface area contributed by atoms with Crippen molar-refractivity contribution in [3.05, 3.63) is 52.3 Å². The molecule has 0 spiro atoms. The summed E-state index contributed by atoms with van der Waals surface area (Å²) >= 11 is 3.87. The van der Waals surface area contributed by atoms with Crippen LogP contribution in [0.4, 0.5) is 22.0 Å². The number of alkyl halides is 3. The van der Waals surface area contributed by atoms with Gasteiger partial charge in [-0.05, 0) is 31.0 Å². The van der Waals surface area contributed by atoms with Gasteiger partial charge < -0.3 is 9.29 Å². The molecule has 2 rings (SSSR count). The van der Waals surface area contributed by atoms with E-state index in [4.69, 9.17) is 16.7 Å². The Hall–Kier alpha value is -1.69. The first kappa shape index (κ1) is 23.6. The first-order valence-corrected chi connectivity index (χ1v) is 9.72. The van der Waals surface area contributed by atoms with Crippen LogP contribution in [-0.2, 0) is 11.4 Å². The van der Waals surface area contributed by atoms with Crippen molar-refractivity contribution in [2.45, 2.75) is 37.1 Å². The van der Waals surface area contributed by atoms with Crippen LogP contribution in [0.15, 0.2) is 24.5 Å². The summed E-state index contributed by atoms with van der Waals surface area (Å²) in [4.78, 5) is 7.41. The number of hydrogen-bond acceptors (Lipinski definition) is 5. The Balaban J connectivity index is 2.42. The third-order valence-corrected chi connectivity index (χ3v) is 5.70. The molecule has 0 amide bonds. The van der Waals surface area contributed by atoms with Crippen LogP contribution in [0.1, 0.15) is 37.3 Å². The average Bonchev–Trinajstić information content (AvgIpc) is 2.63. The molecule has 0 radical (unpaired) electrons. The van der Waals surface area contributed by atoms with Gasteiger partial charge in [0.25, 0.3) is 0 Å². The van der Waals surface area contributed by atoms with E-state index in [9.17, 15) is 26.5 Å². The first-order valence-electron chi connectivity index (χ1n) is 8.13. The second kappa shape index (κ2) is 8.99. The highest BCUT2D eigenvalue weighted by atomic mass is 35.5. The summed E-state index contributed by atoms with van der Waals surface area (Å²) in [6.07, 6.45) is -2.24. The van der Waals surface area contributed by atoms with Gasteiger partial charge in [0.15, 0.2) is 6.61 Å². The molecule has 0 aliphatic heterocycles. The number of rotatable bonds is 7. The van der Waals surface area contributed by atoms with Crippen molar-refractivity contribution >= 4 is 23.0 Å². The summed E-state index contributed by atoms with van der Waals surface area (Å²) in [5.74, 6) is -2.83. The maximum absolute atomic E-state index is 14.6. The molecule has 1 aromatic heterocycles. The highest BCUT2D eigenvalue weighted by Crippen LogP contribution is 2.38. The summed E-state index contributed by atoms with van der Waals surface area (Å²) in [5.41, 5.74) is 0.243. The molecule has 1 aromatic carbocycles. The van der Waals surface area contributed by atoms with E-state index in [2.05, 4.69) is 14.7 Å². The molecule has 2 aromatic rings.